The summed E-state index contributed by atoms with van der Waals surface area (Å²) in [5.74, 6) is -0.721. The average Bonchev–Trinajstić information content (AvgIpc) is 2.52. The van der Waals surface area contributed by atoms with Crippen molar-refractivity contribution in [2.45, 2.75) is 25.1 Å². The van der Waals surface area contributed by atoms with Gasteiger partial charge in [0.05, 0.1) is 16.0 Å². The number of aryl methyl sites for hydroxylation is 2. The summed E-state index contributed by atoms with van der Waals surface area (Å²) in [6.07, 6.45) is -4.36. The molecule has 1 heterocycles. The second-order valence-electron chi connectivity index (χ2n) is 5.38. The number of sulfone groups is 1. The quantitative estimate of drug-likeness (QED) is 0.561. The van der Waals surface area contributed by atoms with E-state index in [4.69, 9.17) is 0 Å². The number of alkyl halides is 3. The number of hydrogen-bond acceptors (Lipinski definition) is 8. The van der Waals surface area contributed by atoms with E-state index in [-0.39, 0.29) is 5.95 Å². The van der Waals surface area contributed by atoms with E-state index in [9.17, 15) is 31.7 Å². The Hall–Kier alpha value is -3.22. The molecule has 0 atom stereocenters. The molecule has 0 aliphatic heterocycles. The summed E-state index contributed by atoms with van der Waals surface area (Å²) in [6, 6.07) is 4.64. The zero-order valence-electron chi connectivity index (χ0n) is 14.4. The molecule has 2 aromatic rings. The summed E-state index contributed by atoms with van der Waals surface area (Å²) in [6.45, 7) is 3.30. The predicted octanol–water partition coefficient (Wildman–Crippen LogP) is 2.95. The van der Waals surface area contributed by atoms with Crippen molar-refractivity contribution in [3.05, 3.63) is 63.1 Å². The van der Waals surface area contributed by atoms with E-state index in [0.29, 0.717) is 17.6 Å². The van der Waals surface area contributed by atoms with E-state index in [2.05, 4.69) is 20.0 Å². The van der Waals surface area contributed by atoms with Crippen LogP contribution in [0.15, 0.2) is 46.5 Å². The number of nitro groups is 1. The van der Waals surface area contributed by atoms with E-state index in [1.54, 1.807) is 19.9 Å². The Morgan fingerprint density at radius 3 is 2.18 bits per heavy atom. The maximum atomic E-state index is 12.5. The number of rotatable bonds is 6. The molecule has 1 aromatic carbocycles. The third-order valence-electron chi connectivity index (χ3n) is 3.13. The lowest BCUT2D eigenvalue weighted by atomic mass is 10.3. The first kappa shape index (κ1) is 21.1. The van der Waals surface area contributed by atoms with E-state index in [1.165, 1.54) is 0 Å². The zero-order chi connectivity index (χ0) is 21.1. The van der Waals surface area contributed by atoms with E-state index < -0.39 is 36.8 Å². The normalized spacial score (nSPS) is 12.5. The Morgan fingerprint density at radius 1 is 1.18 bits per heavy atom. The second-order valence-corrected chi connectivity index (χ2v) is 7.28. The van der Waals surface area contributed by atoms with Crippen molar-refractivity contribution in [3.63, 3.8) is 0 Å². The van der Waals surface area contributed by atoms with Crippen LogP contribution in [0.25, 0.3) is 0 Å². The van der Waals surface area contributed by atoms with Gasteiger partial charge in [0, 0.05) is 11.4 Å². The van der Waals surface area contributed by atoms with Crippen LogP contribution in [0.3, 0.4) is 0 Å². The molecule has 1 aromatic heterocycles. The van der Waals surface area contributed by atoms with Gasteiger partial charge in [-0.05, 0) is 44.2 Å². The number of hydrogen-bond donors (Lipinski definition) is 1. The first-order chi connectivity index (χ1) is 12.9. The summed E-state index contributed by atoms with van der Waals surface area (Å²) in [7, 11) is -4.64. The van der Waals surface area contributed by atoms with Gasteiger partial charge in [0.2, 0.25) is 5.95 Å². The number of anilines is 1. The molecular weight excluding hydrogens is 405 g/mol. The minimum Gasteiger partial charge on any atom is -0.406 e. The van der Waals surface area contributed by atoms with Gasteiger partial charge in [-0.3, -0.25) is 10.1 Å². The van der Waals surface area contributed by atoms with Gasteiger partial charge in [-0.15, -0.1) is 13.2 Å². The molecule has 0 aliphatic carbocycles. The third kappa shape index (κ3) is 5.39. The number of nitrogens with one attached hydrogen (secondary N) is 1. The number of benzene rings is 1. The average molecular weight is 418 g/mol. The van der Waals surface area contributed by atoms with Crippen LogP contribution < -0.4 is 10.1 Å². The van der Waals surface area contributed by atoms with Gasteiger partial charge < -0.3 is 10.1 Å². The van der Waals surface area contributed by atoms with Gasteiger partial charge in [0.1, 0.15) is 5.75 Å². The molecule has 13 heteroatoms. The van der Waals surface area contributed by atoms with Crippen molar-refractivity contribution >= 4 is 15.8 Å². The summed E-state index contributed by atoms with van der Waals surface area (Å²) in [4.78, 5) is 17.4. The van der Waals surface area contributed by atoms with Gasteiger partial charge in [-0.1, -0.05) is 0 Å². The number of aromatic nitrogens is 2. The molecule has 0 radical (unpaired) electrons. The van der Waals surface area contributed by atoms with Crippen LogP contribution in [-0.2, 0) is 9.84 Å². The van der Waals surface area contributed by atoms with Crippen LogP contribution >= 0.6 is 0 Å². The maximum absolute atomic E-state index is 12.5. The molecule has 0 unspecified atom stereocenters. The number of halogens is 3. The Bertz CT molecular complexity index is 1000. The second kappa shape index (κ2) is 7.80. The largest absolute Gasteiger partial charge is 0.573 e. The van der Waals surface area contributed by atoms with Crippen molar-refractivity contribution in [1.29, 1.82) is 0 Å². The summed E-state index contributed by atoms with van der Waals surface area (Å²) < 4.78 is 65.1. The first-order valence-electron chi connectivity index (χ1n) is 7.43. The first-order valence-corrected chi connectivity index (χ1v) is 8.91. The number of nitrogens with zero attached hydrogens (tertiary/aromatic N) is 3. The van der Waals surface area contributed by atoms with Crippen molar-refractivity contribution in [3.8, 4) is 5.75 Å². The molecule has 0 aliphatic rings. The molecule has 0 spiro atoms. The molecule has 0 fully saturated rings. The molecule has 9 nitrogen and oxygen atoms in total. The van der Waals surface area contributed by atoms with Crippen molar-refractivity contribution in [2.24, 2.45) is 0 Å². The van der Waals surface area contributed by atoms with Crippen LogP contribution in [0.4, 0.5) is 19.1 Å². The lowest BCUT2D eigenvalue weighted by Crippen LogP contribution is -2.17. The molecule has 0 amide bonds. The highest BCUT2D eigenvalue weighted by Gasteiger charge is 2.33. The minimum absolute atomic E-state index is 0.0547. The van der Waals surface area contributed by atoms with Crippen molar-refractivity contribution in [1.82, 2.24) is 9.97 Å². The Labute approximate surface area is 157 Å². The Morgan fingerprint density at radius 2 is 1.71 bits per heavy atom. The van der Waals surface area contributed by atoms with Gasteiger partial charge >= 0.3 is 11.4 Å². The van der Waals surface area contributed by atoms with E-state index in [1.807, 2.05) is 0 Å². The van der Waals surface area contributed by atoms with Crippen LogP contribution in [0.1, 0.15) is 11.4 Å². The van der Waals surface area contributed by atoms with Crippen LogP contribution in [-0.4, -0.2) is 29.7 Å². The standard InChI is InChI=1S/C15H13F3N4O5S/c1-9-7-10(2)21-14(20-9)19-8-13(22(23)24)28(25,26)12-5-3-11(4-6-12)27-15(16,17)18/h3-8H,1-2H3,(H,19,20,21). The lowest BCUT2D eigenvalue weighted by molar-refractivity contribution is -0.411. The summed E-state index contributed by atoms with van der Waals surface area (Å²) in [5.41, 5.74) is 1.10. The summed E-state index contributed by atoms with van der Waals surface area (Å²) >= 11 is 0. The topological polar surface area (TPSA) is 124 Å². The van der Waals surface area contributed by atoms with Crippen LogP contribution in [0.2, 0.25) is 0 Å². The van der Waals surface area contributed by atoms with Crippen LogP contribution in [0.5, 0.6) is 5.75 Å². The fraction of sp³-hybridized carbons (Fsp3) is 0.200. The molecule has 0 saturated carbocycles. The highest BCUT2D eigenvalue weighted by Crippen LogP contribution is 2.26. The van der Waals surface area contributed by atoms with E-state index in [0.717, 1.165) is 24.3 Å². The highest BCUT2D eigenvalue weighted by atomic mass is 32.2. The highest BCUT2D eigenvalue weighted by molar-refractivity contribution is 7.95. The molecular formula is C15H13F3N4O5S. The summed E-state index contributed by atoms with van der Waals surface area (Å²) in [5, 5.41) is 12.3. The van der Waals surface area contributed by atoms with Crippen LogP contribution in [0, 0.1) is 24.0 Å². The zero-order valence-corrected chi connectivity index (χ0v) is 15.2. The molecule has 1 N–H and O–H groups in total. The third-order valence-corrected chi connectivity index (χ3v) is 4.84. The monoisotopic (exact) mass is 418 g/mol. The van der Waals surface area contributed by atoms with Gasteiger partial charge in [-0.25, -0.2) is 18.4 Å². The smallest absolute Gasteiger partial charge is 0.406 e. The fourth-order valence-corrected chi connectivity index (χ4v) is 3.23. The number of ether oxygens (including phenoxy) is 1. The van der Waals surface area contributed by atoms with Crippen molar-refractivity contribution in [2.75, 3.05) is 5.32 Å². The predicted molar refractivity (Wildman–Crippen MR) is 90.5 cm³/mol. The maximum Gasteiger partial charge on any atom is 0.573 e. The minimum atomic E-state index is -4.96. The van der Waals surface area contributed by atoms with Gasteiger partial charge in [0.25, 0.3) is 9.84 Å². The van der Waals surface area contributed by atoms with Gasteiger partial charge in [0.15, 0.2) is 0 Å². The Balaban J connectivity index is 2.34. The lowest BCUT2D eigenvalue weighted by Gasteiger charge is -2.09. The van der Waals surface area contributed by atoms with E-state index >= 15 is 0 Å². The molecule has 0 saturated heterocycles. The van der Waals surface area contributed by atoms with Crippen molar-refractivity contribution < 1.29 is 31.2 Å². The van der Waals surface area contributed by atoms with Gasteiger partial charge in [-0.2, -0.15) is 0 Å². The molecule has 150 valence electrons. The molecule has 0 bridgehead atoms. The fourth-order valence-electron chi connectivity index (χ4n) is 2.09. The molecule has 28 heavy (non-hydrogen) atoms. The SMILES string of the molecule is Cc1cc(C)nc(NC=C([N+](=O)[O-])S(=O)(=O)c2ccc(OC(F)(F)F)cc2)n1. The Kier molecular flexibility index (Phi) is 5.87. The molecule has 2 rings (SSSR count).